The lowest BCUT2D eigenvalue weighted by molar-refractivity contribution is 0.340. The van der Waals surface area contributed by atoms with Gasteiger partial charge < -0.3 is 14.9 Å². The first kappa shape index (κ1) is 15.5. The fraction of sp³-hybridized carbons (Fsp3) is 0.190. The van der Waals surface area contributed by atoms with Gasteiger partial charge in [-0.15, -0.1) is 0 Å². The number of anilines is 1. The average molecular weight is 333 g/mol. The standard InChI is InChI=1S/C21H19NO3/c1-2-24-16-7-3-13(4-8-16)11-14-5-9-18-20(23)17-10-6-15(22)12-19(17)25-21(14)18/h3-4,6-8,10-12H,2,5,9,22H2,1H3. The summed E-state index contributed by atoms with van der Waals surface area (Å²) in [7, 11) is 0. The lowest BCUT2D eigenvalue weighted by Crippen LogP contribution is -2.08. The fourth-order valence-corrected chi connectivity index (χ4v) is 3.27. The van der Waals surface area contributed by atoms with Gasteiger partial charge in [0.15, 0.2) is 5.43 Å². The van der Waals surface area contributed by atoms with Crippen LogP contribution in [0.15, 0.2) is 51.7 Å². The van der Waals surface area contributed by atoms with Gasteiger partial charge in [-0.25, -0.2) is 0 Å². The normalized spacial score (nSPS) is 14.8. The second-order valence-corrected chi connectivity index (χ2v) is 6.17. The molecule has 126 valence electrons. The van der Waals surface area contributed by atoms with Crippen molar-refractivity contribution in [3.05, 3.63) is 69.6 Å². The van der Waals surface area contributed by atoms with Crippen molar-refractivity contribution in [3.63, 3.8) is 0 Å². The Morgan fingerprint density at radius 2 is 1.96 bits per heavy atom. The van der Waals surface area contributed by atoms with Crippen molar-refractivity contribution in [2.24, 2.45) is 0 Å². The largest absolute Gasteiger partial charge is 0.494 e. The molecule has 25 heavy (non-hydrogen) atoms. The summed E-state index contributed by atoms with van der Waals surface area (Å²) in [6, 6.07) is 13.1. The van der Waals surface area contributed by atoms with Crippen LogP contribution >= 0.6 is 0 Å². The van der Waals surface area contributed by atoms with Crippen LogP contribution in [0.1, 0.15) is 30.2 Å². The maximum atomic E-state index is 12.7. The van der Waals surface area contributed by atoms with Gasteiger partial charge in [0.05, 0.1) is 12.0 Å². The predicted octanol–water partition coefficient (Wildman–Crippen LogP) is 4.26. The van der Waals surface area contributed by atoms with Crippen molar-refractivity contribution >= 4 is 28.3 Å². The van der Waals surface area contributed by atoms with Crippen LogP contribution in [0.4, 0.5) is 5.69 Å². The van der Waals surface area contributed by atoms with E-state index in [-0.39, 0.29) is 5.43 Å². The van der Waals surface area contributed by atoms with E-state index in [9.17, 15) is 4.79 Å². The number of hydrogen-bond acceptors (Lipinski definition) is 4. The van der Waals surface area contributed by atoms with Gasteiger partial charge >= 0.3 is 0 Å². The molecule has 0 spiro atoms. The fourth-order valence-electron chi connectivity index (χ4n) is 3.27. The van der Waals surface area contributed by atoms with Crippen LogP contribution in [-0.4, -0.2) is 6.61 Å². The van der Waals surface area contributed by atoms with Gasteiger partial charge in [-0.3, -0.25) is 4.79 Å². The smallest absolute Gasteiger partial charge is 0.196 e. The molecule has 0 atom stereocenters. The minimum absolute atomic E-state index is 0.0475. The second-order valence-electron chi connectivity index (χ2n) is 6.17. The average Bonchev–Trinajstić information content (AvgIpc) is 3.00. The summed E-state index contributed by atoms with van der Waals surface area (Å²) < 4.78 is 11.5. The van der Waals surface area contributed by atoms with Gasteiger partial charge in [0.25, 0.3) is 0 Å². The first-order valence-electron chi connectivity index (χ1n) is 8.44. The van der Waals surface area contributed by atoms with E-state index in [1.165, 1.54) is 0 Å². The molecule has 0 saturated heterocycles. The minimum Gasteiger partial charge on any atom is -0.494 e. The number of allylic oxidation sites excluding steroid dienone is 1. The van der Waals surface area contributed by atoms with E-state index in [4.69, 9.17) is 14.9 Å². The first-order valence-corrected chi connectivity index (χ1v) is 8.44. The van der Waals surface area contributed by atoms with Crippen molar-refractivity contribution in [2.75, 3.05) is 12.3 Å². The topological polar surface area (TPSA) is 65.5 Å². The molecule has 0 radical (unpaired) electrons. The van der Waals surface area contributed by atoms with Crippen LogP contribution in [0, 0.1) is 0 Å². The summed E-state index contributed by atoms with van der Waals surface area (Å²) >= 11 is 0. The molecule has 0 fully saturated rings. The van der Waals surface area contributed by atoms with Gasteiger partial charge in [-0.05, 0) is 61.2 Å². The van der Waals surface area contributed by atoms with Gasteiger partial charge in [0.2, 0.25) is 0 Å². The van der Waals surface area contributed by atoms with E-state index in [1.54, 1.807) is 18.2 Å². The molecule has 0 unspecified atom stereocenters. The van der Waals surface area contributed by atoms with Crippen molar-refractivity contribution in [1.82, 2.24) is 0 Å². The number of nitrogen functional groups attached to an aromatic ring is 1. The molecule has 4 rings (SSSR count). The number of nitrogens with two attached hydrogens (primary N) is 1. The van der Waals surface area contributed by atoms with Crippen LogP contribution in [0.5, 0.6) is 5.75 Å². The van der Waals surface area contributed by atoms with Crippen molar-refractivity contribution in [2.45, 2.75) is 19.8 Å². The van der Waals surface area contributed by atoms with E-state index in [2.05, 4.69) is 6.08 Å². The second kappa shape index (κ2) is 6.13. The number of fused-ring (bicyclic) bond motifs is 2. The quantitative estimate of drug-likeness (QED) is 0.727. The zero-order valence-corrected chi connectivity index (χ0v) is 14.0. The highest BCUT2D eigenvalue weighted by Gasteiger charge is 2.23. The third-order valence-corrected chi connectivity index (χ3v) is 4.48. The third kappa shape index (κ3) is 2.80. The molecule has 1 aliphatic carbocycles. The van der Waals surface area contributed by atoms with Crippen molar-refractivity contribution in [1.29, 1.82) is 0 Å². The molecule has 2 aromatic carbocycles. The summed E-state index contributed by atoms with van der Waals surface area (Å²) in [5.41, 5.74) is 9.87. The molecule has 0 aliphatic heterocycles. The third-order valence-electron chi connectivity index (χ3n) is 4.48. The Morgan fingerprint density at radius 1 is 1.16 bits per heavy atom. The van der Waals surface area contributed by atoms with Crippen molar-refractivity contribution < 1.29 is 9.15 Å². The Labute approximate surface area is 145 Å². The monoisotopic (exact) mass is 333 g/mol. The Kier molecular flexibility index (Phi) is 3.80. The number of benzene rings is 2. The summed E-state index contributed by atoms with van der Waals surface area (Å²) in [6.07, 6.45) is 3.58. The highest BCUT2D eigenvalue weighted by molar-refractivity contribution is 5.87. The SMILES string of the molecule is CCOc1ccc(C=C2CCc3c2oc2cc(N)ccc2c3=O)cc1. The van der Waals surface area contributed by atoms with Crippen LogP contribution < -0.4 is 15.9 Å². The molecule has 1 heterocycles. The molecule has 4 heteroatoms. The van der Waals surface area contributed by atoms with Crippen LogP contribution in [0.2, 0.25) is 0 Å². The van der Waals surface area contributed by atoms with Crippen LogP contribution in [0.25, 0.3) is 22.6 Å². The molecule has 0 bridgehead atoms. The molecular formula is C21H19NO3. The van der Waals surface area contributed by atoms with Gasteiger partial charge in [0.1, 0.15) is 17.1 Å². The molecule has 1 aliphatic rings. The molecule has 2 N–H and O–H groups in total. The minimum atomic E-state index is 0.0475. The molecule has 3 aromatic rings. The number of ether oxygens (including phenoxy) is 1. The molecule has 1 aromatic heterocycles. The molecule has 0 saturated carbocycles. The Hall–Kier alpha value is -3.01. The number of hydrogen-bond donors (Lipinski definition) is 1. The zero-order valence-electron chi connectivity index (χ0n) is 14.0. The Morgan fingerprint density at radius 3 is 2.72 bits per heavy atom. The maximum absolute atomic E-state index is 12.7. The predicted molar refractivity (Wildman–Crippen MR) is 101 cm³/mol. The van der Waals surface area contributed by atoms with Gasteiger partial charge in [-0.1, -0.05) is 12.1 Å². The van der Waals surface area contributed by atoms with E-state index in [0.717, 1.165) is 28.9 Å². The van der Waals surface area contributed by atoms with Crippen molar-refractivity contribution in [3.8, 4) is 5.75 Å². The molecule has 0 amide bonds. The highest BCUT2D eigenvalue weighted by Crippen LogP contribution is 2.34. The van der Waals surface area contributed by atoms with Crippen LogP contribution in [0.3, 0.4) is 0 Å². The van der Waals surface area contributed by atoms with E-state index in [0.29, 0.717) is 35.4 Å². The lowest BCUT2D eigenvalue weighted by Gasteiger charge is -2.05. The molecule has 4 nitrogen and oxygen atoms in total. The first-order chi connectivity index (χ1) is 12.2. The summed E-state index contributed by atoms with van der Waals surface area (Å²) in [5, 5.41) is 0.593. The zero-order chi connectivity index (χ0) is 17.4. The molecular weight excluding hydrogens is 314 g/mol. The summed E-state index contributed by atoms with van der Waals surface area (Å²) in [6.45, 7) is 2.61. The van der Waals surface area contributed by atoms with Gasteiger partial charge in [-0.2, -0.15) is 0 Å². The summed E-state index contributed by atoms with van der Waals surface area (Å²) in [5.74, 6) is 1.54. The van der Waals surface area contributed by atoms with E-state index >= 15 is 0 Å². The highest BCUT2D eigenvalue weighted by atomic mass is 16.5. The van der Waals surface area contributed by atoms with E-state index in [1.807, 2.05) is 31.2 Å². The van der Waals surface area contributed by atoms with E-state index < -0.39 is 0 Å². The summed E-state index contributed by atoms with van der Waals surface area (Å²) in [4.78, 5) is 12.7. The van der Waals surface area contributed by atoms with Gasteiger partial charge in [0, 0.05) is 17.3 Å². The Balaban J connectivity index is 1.78. The maximum Gasteiger partial charge on any atom is 0.196 e. The lowest BCUT2D eigenvalue weighted by atomic mass is 10.1. The Bertz CT molecular complexity index is 1030. The number of rotatable bonds is 3. The van der Waals surface area contributed by atoms with Crippen LogP contribution in [-0.2, 0) is 6.42 Å².